The van der Waals surface area contributed by atoms with Crippen LogP contribution in [0.5, 0.6) is 5.75 Å². The van der Waals surface area contributed by atoms with Gasteiger partial charge in [-0.05, 0) is 109 Å². The molecular weight excluding hydrogens is 636 g/mol. The molecule has 0 unspecified atom stereocenters. The third-order valence-electron chi connectivity index (χ3n) is 8.64. The van der Waals surface area contributed by atoms with E-state index in [1.165, 1.54) is 0 Å². The number of nitrogens with zero attached hydrogens (tertiary/aromatic N) is 3. The van der Waals surface area contributed by atoms with Gasteiger partial charge in [0.05, 0.1) is 18.4 Å². The van der Waals surface area contributed by atoms with Crippen molar-refractivity contribution in [2.45, 2.75) is 104 Å². The molecule has 2 aliphatic rings. The number of phenolic OH excluding ortho intramolecular Hbond substituents is 1. The van der Waals surface area contributed by atoms with Crippen molar-refractivity contribution in [3.8, 4) is 17.6 Å². The highest BCUT2D eigenvalue weighted by Gasteiger charge is 2.32. The molecule has 0 saturated carbocycles. The third kappa shape index (κ3) is 12.4. The van der Waals surface area contributed by atoms with Crippen molar-refractivity contribution in [3.63, 3.8) is 0 Å². The van der Waals surface area contributed by atoms with Crippen LogP contribution in [0.2, 0.25) is 0 Å². The van der Waals surface area contributed by atoms with E-state index in [1.54, 1.807) is 73.3 Å². The van der Waals surface area contributed by atoms with Gasteiger partial charge in [-0.3, -0.25) is 19.4 Å². The molecule has 3 amide bonds. The van der Waals surface area contributed by atoms with E-state index >= 15 is 0 Å². The average Bonchev–Trinajstić information content (AvgIpc) is 3.05. The van der Waals surface area contributed by atoms with Crippen molar-refractivity contribution in [1.29, 1.82) is 0 Å². The predicted octanol–water partition coefficient (Wildman–Crippen LogP) is 5.74. The Kier molecular flexibility index (Phi) is 12.9. The first-order chi connectivity index (χ1) is 23.5. The van der Waals surface area contributed by atoms with Crippen molar-refractivity contribution in [1.82, 2.24) is 20.1 Å². The van der Waals surface area contributed by atoms with Crippen LogP contribution < -0.4 is 5.32 Å². The molecule has 0 aliphatic carbocycles. The number of benzene rings is 1. The van der Waals surface area contributed by atoms with Gasteiger partial charge in [-0.25, -0.2) is 4.79 Å². The first-order valence-electron chi connectivity index (χ1n) is 17.6. The summed E-state index contributed by atoms with van der Waals surface area (Å²) in [5.41, 5.74) is 0.592. The summed E-state index contributed by atoms with van der Waals surface area (Å²) in [6, 6.07) is 7.69. The summed E-state index contributed by atoms with van der Waals surface area (Å²) < 4.78 is 11.1. The Morgan fingerprint density at radius 1 is 0.920 bits per heavy atom. The molecular formula is C39H52N4O7. The standard InChI is InChI=1S/C39H52N4O7/c1-38(2,3)49-35(46)23-33(31-21-29(24-40-25-31)13-12-28-9-7-11-32(44)22-28)41-36(47)30-10-8-18-43(26-30)34(45)15-14-27-16-19-42(20-17-27)37(48)50-39(4,5)6/h7,9,11,21-22,24-25,27,30,33,44H,8,10,14-20,23,26H2,1-6H3,(H,41,47)/t30-,33+/m1/s1. The molecule has 0 radical (unpaired) electrons. The largest absolute Gasteiger partial charge is 0.508 e. The zero-order chi connectivity index (χ0) is 36.5. The summed E-state index contributed by atoms with van der Waals surface area (Å²) in [6.45, 7) is 13.1. The van der Waals surface area contributed by atoms with Crippen LogP contribution in [-0.4, -0.2) is 81.1 Å². The summed E-state index contributed by atoms with van der Waals surface area (Å²) in [5.74, 6) is 5.42. The number of pyridine rings is 1. The van der Waals surface area contributed by atoms with Crippen LogP contribution in [0, 0.1) is 23.7 Å². The molecule has 0 spiro atoms. The summed E-state index contributed by atoms with van der Waals surface area (Å²) >= 11 is 0. The normalized spacial score (nSPS) is 17.6. The number of hydrogen-bond acceptors (Lipinski definition) is 8. The van der Waals surface area contributed by atoms with E-state index in [-0.39, 0.29) is 30.1 Å². The lowest BCUT2D eigenvalue weighted by atomic mass is 9.91. The summed E-state index contributed by atoms with van der Waals surface area (Å²) in [7, 11) is 0. The lowest BCUT2D eigenvalue weighted by Gasteiger charge is -2.35. The quantitative estimate of drug-likeness (QED) is 0.265. The molecule has 2 N–H and O–H groups in total. The molecule has 50 heavy (non-hydrogen) atoms. The maximum absolute atomic E-state index is 13.7. The van der Waals surface area contributed by atoms with Gasteiger partial charge in [0.25, 0.3) is 0 Å². The smallest absolute Gasteiger partial charge is 0.410 e. The number of rotatable bonds is 8. The molecule has 3 heterocycles. The van der Waals surface area contributed by atoms with E-state index in [2.05, 4.69) is 22.1 Å². The number of amides is 3. The SMILES string of the molecule is CC(C)(C)OC(=O)C[C@H](NC(=O)[C@@H]1CCCN(C(=O)CCC2CCN(C(=O)OC(C)(C)C)CC2)C1)c1cncc(C#Cc2cccc(O)c2)c1. The fourth-order valence-electron chi connectivity index (χ4n) is 6.17. The van der Waals surface area contributed by atoms with Crippen molar-refractivity contribution in [2.24, 2.45) is 11.8 Å². The molecule has 2 atom stereocenters. The van der Waals surface area contributed by atoms with Gasteiger partial charge in [0.2, 0.25) is 11.8 Å². The lowest BCUT2D eigenvalue weighted by Crippen LogP contribution is -2.46. The highest BCUT2D eigenvalue weighted by Crippen LogP contribution is 2.26. The first-order valence-corrected chi connectivity index (χ1v) is 17.6. The second kappa shape index (κ2) is 16.9. The molecule has 11 heteroatoms. The topological polar surface area (TPSA) is 138 Å². The highest BCUT2D eigenvalue weighted by atomic mass is 16.6. The predicted molar refractivity (Wildman–Crippen MR) is 189 cm³/mol. The number of esters is 1. The van der Waals surface area contributed by atoms with Crippen LogP contribution in [0.15, 0.2) is 42.7 Å². The van der Waals surface area contributed by atoms with Gasteiger partial charge in [-0.15, -0.1) is 0 Å². The second-order valence-electron chi connectivity index (χ2n) is 15.3. The number of carbonyl (C=O) groups is 4. The van der Waals surface area contributed by atoms with Gasteiger partial charge in [0.15, 0.2) is 0 Å². The number of piperidine rings is 2. The zero-order valence-electron chi connectivity index (χ0n) is 30.3. The maximum Gasteiger partial charge on any atom is 0.410 e. The van der Waals surface area contributed by atoms with E-state index in [9.17, 15) is 24.3 Å². The van der Waals surface area contributed by atoms with Gasteiger partial charge >= 0.3 is 12.1 Å². The molecule has 0 bridgehead atoms. The Balaban J connectivity index is 1.36. The van der Waals surface area contributed by atoms with Crippen molar-refractivity contribution >= 4 is 23.9 Å². The van der Waals surface area contributed by atoms with E-state index in [0.717, 1.165) is 19.3 Å². The van der Waals surface area contributed by atoms with E-state index in [0.29, 0.717) is 68.0 Å². The maximum atomic E-state index is 13.7. The third-order valence-corrected chi connectivity index (χ3v) is 8.64. The lowest BCUT2D eigenvalue weighted by molar-refractivity contribution is -0.155. The van der Waals surface area contributed by atoms with Crippen LogP contribution >= 0.6 is 0 Å². The molecule has 1 aromatic carbocycles. The Morgan fingerprint density at radius 2 is 1.62 bits per heavy atom. The molecule has 2 saturated heterocycles. The fourth-order valence-corrected chi connectivity index (χ4v) is 6.17. The number of ether oxygens (including phenoxy) is 2. The second-order valence-corrected chi connectivity index (χ2v) is 15.3. The molecule has 11 nitrogen and oxygen atoms in total. The Hall–Kier alpha value is -4.59. The van der Waals surface area contributed by atoms with Crippen LogP contribution in [0.1, 0.15) is 109 Å². The molecule has 2 aromatic rings. The van der Waals surface area contributed by atoms with E-state index in [4.69, 9.17) is 9.47 Å². The monoisotopic (exact) mass is 688 g/mol. The number of aromatic hydroxyl groups is 1. The Bertz CT molecular complexity index is 1570. The van der Waals surface area contributed by atoms with Gasteiger partial charge in [-0.2, -0.15) is 0 Å². The highest BCUT2D eigenvalue weighted by molar-refractivity contribution is 5.82. The molecule has 1 aromatic heterocycles. The van der Waals surface area contributed by atoms with Gasteiger partial charge < -0.3 is 29.7 Å². The van der Waals surface area contributed by atoms with Crippen LogP contribution in [0.3, 0.4) is 0 Å². The van der Waals surface area contributed by atoms with Gasteiger partial charge in [0, 0.05) is 56.1 Å². The number of nitrogens with one attached hydrogen (secondary N) is 1. The van der Waals surface area contributed by atoms with Crippen molar-refractivity contribution in [2.75, 3.05) is 26.2 Å². The number of phenols is 1. The molecule has 4 rings (SSSR count). The Labute approximate surface area is 296 Å². The van der Waals surface area contributed by atoms with Crippen LogP contribution in [-0.2, 0) is 23.9 Å². The van der Waals surface area contributed by atoms with Crippen LogP contribution in [0.25, 0.3) is 0 Å². The van der Waals surface area contributed by atoms with E-state index < -0.39 is 29.1 Å². The Morgan fingerprint density at radius 3 is 2.30 bits per heavy atom. The fraction of sp³-hybridized carbons (Fsp3) is 0.564. The zero-order valence-corrected chi connectivity index (χ0v) is 30.3. The van der Waals surface area contributed by atoms with Gasteiger partial charge in [0.1, 0.15) is 17.0 Å². The van der Waals surface area contributed by atoms with Crippen molar-refractivity contribution in [3.05, 3.63) is 59.4 Å². The van der Waals surface area contributed by atoms with E-state index in [1.807, 2.05) is 20.8 Å². The molecule has 2 fully saturated rings. The minimum absolute atomic E-state index is 0.0320. The number of likely N-dealkylation sites (tertiary alicyclic amines) is 2. The summed E-state index contributed by atoms with van der Waals surface area (Å²) in [4.78, 5) is 60.2. The molecule has 270 valence electrons. The number of carbonyl (C=O) groups excluding carboxylic acids is 4. The first kappa shape index (κ1) is 38.2. The summed E-state index contributed by atoms with van der Waals surface area (Å²) in [5, 5.41) is 12.8. The average molecular weight is 689 g/mol. The minimum atomic E-state index is -0.718. The minimum Gasteiger partial charge on any atom is -0.508 e. The van der Waals surface area contributed by atoms with Gasteiger partial charge in [-0.1, -0.05) is 17.9 Å². The van der Waals surface area contributed by atoms with Crippen molar-refractivity contribution < 1.29 is 33.8 Å². The van der Waals surface area contributed by atoms with Crippen LogP contribution in [0.4, 0.5) is 4.79 Å². The summed E-state index contributed by atoms with van der Waals surface area (Å²) in [6.07, 6.45) is 6.93. The number of aromatic nitrogens is 1. The number of hydrogen-bond donors (Lipinski definition) is 2. The molecule has 2 aliphatic heterocycles.